The average molecular weight is 340 g/mol. The molecule has 1 aromatic heterocycles. The summed E-state index contributed by atoms with van der Waals surface area (Å²) < 4.78 is 1.00. The second-order valence-electron chi connectivity index (χ2n) is 4.35. The first kappa shape index (κ1) is 14.5. The van der Waals surface area contributed by atoms with Gasteiger partial charge in [0.1, 0.15) is 0 Å². The maximum absolute atomic E-state index is 5.88. The number of nitrogens with zero attached hydrogens (tertiary/aromatic N) is 2. The van der Waals surface area contributed by atoms with Gasteiger partial charge in [-0.15, -0.1) is 11.6 Å². The Hall–Kier alpha value is -0.900. The molecule has 2 nitrogen and oxygen atoms in total. The van der Waals surface area contributed by atoms with Crippen molar-refractivity contribution in [2.24, 2.45) is 0 Å². The lowest BCUT2D eigenvalue weighted by atomic mass is 10.2. The molecular formula is C15H16BrClN2. The summed E-state index contributed by atoms with van der Waals surface area (Å²) in [5, 5.41) is 0. The van der Waals surface area contributed by atoms with Gasteiger partial charge < -0.3 is 0 Å². The van der Waals surface area contributed by atoms with E-state index in [-0.39, 0.29) is 0 Å². The largest absolute Gasteiger partial charge is 0.292 e. The van der Waals surface area contributed by atoms with Gasteiger partial charge in [-0.2, -0.15) is 0 Å². The molecular weight excluding hydrogens is 324 g/mol. The minimum Gasteiger partial charge on any atom is -0.292 e. The second-order valence-corrected chi connectivity index (χ2v) is 5.65. The van der Waals surface area contributed by atoms with Gasteiger partial charge in [-0.05, 0) is 33.6 Å². The Morgan fingerprint density at radius 2 is 1.84 bits per heavy atom. The summed E-state index contributed by atoms with van der Waals surface area (Å²) in [5.74, 6) is 0.628. The first-order chi connectivity index (χ1) is 9.28. The number of halogens is 2. The van der Waals surface area contributed by atoms with Crippen LogP contribution in [0.3, 0.4) is 0 Å². The van der Waals surface area contributed by atoms with Crippen molar-refractivity contribution < 1.29 is 0 Å². The fourth-order valence-electron chi connectivity index (χ4n) is 1.90. The van der Waals surface area contributed by atoms with Gasteiger partial charge in [0.05, 0.1) is 5.69 Å². The van der Waals surface area contributed by atoms with Gasteiger partial charge in [0.2, 0.25) is 0 Å². The zero-order valence-electron chi connectivity index (χ0n) is 10.6. The first-order valence-electron chi connectivity index (χ1n) is 6.20. The van der Waals surface area contributed by atoms with Crippen molar-refractivity contribution in [2.75, 3.05) is 12.4 Å². The molecule has 0 unspecified atom stereocenters. The maximum atomic E-state index is 5.88. The Balaban J connectivity index is 2.01. The van der Waals surface area contributed by atoms with Gasteiger partial charge >= 0.3 is 0 Å². The SMILES string of the molecule is ClCCN(Cc1ccccc1)Cc1ccc(Br)cn1. The van der Waals surface area contributed by atoms with Crippen LogP contribution in [0.5, 0.6) is 0 Å². The minimum atomic E-state index is 0.628. The lowest BCUT2D eigenvalue weighted by Crippen LogP contribution is -2.25. The number of aromatic nitrogens is 1. The van der Waals surface area contributed by atoms with Crippen LogP contribution in [0, 0.1) is 0 Å². The smallest absolute Gasteiger partial charge is 0.0544 e. The average Bonchev–Trinajstić information content (AvgIpc) is 2.43. The summed E-state index contributed by atoms with van der Waals surface area (Å²) >= 11 is 9.28. The topological polar surface area (TPSA) is 16.1 Å². The van der Waals surface area contributed by atoms with Gasteiger partial charge in [-0.1, -0.05) is 30.3 Å². The molecule has 2 aromatic rings. The van der Waals surface area contributed by atoms with Crippen LogP contribution >= 0.6 is 27.5 Å². The van der Waals surface area contributed by atoms with E-state index >= 15 is 0 Å². The number of alkyl halides is 1. The van der Waals surface area contributed by atoms with Crippen molar-refractivity contribution in [2.45, 2.75) is 13.1 Å². The molecule has 0 aliphatic carbocycles. The molecule has 0 amide bonds. The van der Waals surface area contributed by atoms with Crippen LogP contribution in [0.1, 0.15) is 11.3 Å². The molecule has 0 atom stereocenters. The van der Waals surface area contributed by atoms with Crippen LogP contribution < -0.4 is 0 Å². The number of rotatable bonds is 6. The van der Waals surface area contributed by atoms with Crippen molar-refractivity contribution in [3.63, 3.8) is 0 Å². The summed E-state index contributed by atoms with van der Waals surface area (Å²) in [7, 11) is 0. The van der Waals surface area contributed by atoms with Crippen molar-refractivity contribution in [3.05, 3.63) is 64.4 Å². The van der Waals surface area contributed by atoms with Crippen LogP contribution in [0.15, 0.2) is 53.1 Å². The van der Waals surface area contributed by atoms with Crippen LogP contribution in [0.25, 0.3) is 0 Å². The summed E-state index contributed by atoms with van der Waals surface area (Å²) in [4.78, 5) is 6.71. The van der Waals surface area contributed by atoms with Crippen molar-refractivity contribution in [3.8, 4) is 0 Å². The third-order valence-electron chi connectivity index (χ3n) is 2.82. The molecule has 1 aromatic carbocycles. The van der Waals surface area contributed by atoms with Crippen molar-refractivity contribution >= 4 is 27.5 Å². The van der Waals surface area contributed by atoms with E-state index in [9.17, 15) is 0 Å². The second kappa shape index (κ2) is 7.63. The summed E-state index contributed by atoms with van der Waals surface area (Å²) in [6.07, 6.45) is 1.83. The molecule has 0 N–H and O–H groups in total. The monoisotopic (exact) mass is 338 g/mol. The molecule has 100 valence electrons. The van der Waals surface area contributed by atoms with Gasteiger partial charge in [0, 0.05) is 36.2 Å². The Morgan fingerprint density at radius 1 is 1.05 bits per heavy atom. The molecule has 0 saturated carbocycles. The van der Waals surface area contributed by atoms with E-state index in [2.05, 4.69) is 50.1 Å². The summed E-state index contributed by atoms with van der Waals surface area (Å²) in [5.41, 5.74) is 2.36. The molecule has 1 heterocycles. The van der Waals surface area contributed by atoms with E-state index < -0.39 is 0 Å². The van der Waals surface area contributed by atoms with E-state index in [0.29, 0.717) is 5.88 Å². The first-order valence-corrected chi connectivity index (χ1v) is 7.53. The van der Waals surface area contributed by atoms with E-state index in [0.717, 1.165) is 29.8 Å². The predicted octanol–water partition coefficient (Wildman–Crippen LogP) is 4.09. The van der Waals surface area contributed by atoms with Gasteiger partial charge in [0.15, 0.2) is 0 Å². The Morgan fingerprint density at radius 3 is 2.47 bits per heavy atom. The highest BCUT2D eigenvalue weighted by atomic mass is 79.9. The molecule has 0 aliphatic rings. The summed E-state index contributed by atoms with van der Waals surface area (Å²) in [6.45, 7) is 2.56. The number of hydrogen-bond donors (Lipinski definition) is 0. The Labute approximate surface area is 127 Å². The van der Waals surface area contributed by atoms with Gasteiger partial charge in [-0.25, -0.2) is 0 Å². The molecule has 0 bridgehead atoms. The summed E-state index contributed by atoms with van der Waals surface area (Å²) in [6, 6.07) is 14.5. The zero-order valence-corrected chi connectivity index (χ0v) is 12.9. The quantitative estimate of drug-likeness (QED) is 0.737. The molecule has 19 heavy (non-hydrogen) atoms. The van der Waals surface area contributed by atoms with Gasteiger partial charge in [-0.3, -0.25) is 9.88 Å². The van der Waals surface area contributed by atoms with Crippen LogP contribution in [0.2, 0.25) is 0 Å². The van der Waals surface area contributed by atoms with E-state index in [1.54, 1.807) is 0 Å². The molecule has 0 radical (unpaired) electrons. The molecule has 4 heteroatoms. The highest BCUT2D eigenvalue weighted by Gasteiger charge is 2.07. The highest BCUT2D eigenvalue weighted by Crippen LogP contribution is 2.11. The normalized spacial score (nSPS) is 10.9. The lowest BCUT2D eigenvalue weighted by Gasteiger charge is -2.21. The fraction of sp³-hybridized carbons (Fsp3) is 0.267. The maximum Gasteiger partial charge on any atom is 0.0544 e. The fourth-order valence-corrected chi connectivity index (χ4v) is 2.38. The molecule has 0 saturated heterocycles. The van der Waals surface area contributed by atoms with E-state index in [1.807, 2.05) is 24.4 Å². The zero-order chi connectivity index (χ0) is 13.5. The molecule has 0 spiro atoms. The predicted molar refractivity (Wildman–Crippen MR) is 83.2 cm³/mol. The third-order valence-corrected chi connectivity index (χ3v) is 3.46. The third kappa shape index (κ3) is 4.94. The number of pyridine rings is 1. The highest BCUT2D eigenvalue weighted by molar-refractivity contribution is 9.10. The van der Waals surface area contributed by atoms with Gasteiger partial charge in [0.25, 0.3) is 0 Å². The van der Waals surface area contributed by atoms with Crippen LogP contribution in [-0.4, -0.2) is 22.3 Å². The molecule has 2 rings (SSSR count). The van der Waals surface area contributed by atoms with E-state index in [1.165, 1.54) is 5.56 Å². The number of hydrogen-bond acceptors (Lipinski definition) is 2. The number of benzene rings is 1. The van der Waals surface area contributed by atoms with Crippen molar-refractivity contribution in [1.29, 1.82) is 0 Å². The minimum absolute atomic E-state index is 0.628. The van der Waals surface area contributed by atoms with Crippen LogP contribution in [0.4, 0.5) is 0 Å². The Bertz CT molecular complexity index is 487. The van der Waals surface area contributed by atoms with Crippen molar-refractivity contribution in [1.82, 2.24) is 9.88 Å². The van der Waals surface area contributed by atoms with E-state index in [4.69, 9.17) is 11.6 Å². The molecule has 0 aliphatic heterocycles. The van der Waals surface area contributed by atoms with Crippen LogP contribution in [-0.2, 0) is 13.1 Å². The molecule has 0 fully saturated rings. The lowest BCUT2D eigenvalue weighted by molar-refractivity contribution is 0.270. The Kier molecular flexibility index (Phi) is 5.83. The standard InChI is InChI=1S/C15H16BrClN2/c16-14-6-7-15(18-10-14)12-19(9-8-17)11-13-4-2-1-3-5-13/h1-7,10H,8-9,11-12H2.